The van der Waals surface area contributed by atoms with Crippen molar-refractivity contribution in [3.05, 3.63) is 71.5 Å². The topological polar surface area (TPSA) is 78.0 Å². The van der Waals surface area contributed by atoms with Crippen LogP contribution in [0.15, 0.2) is 54.9 Å². The van der Waals surface area contributed by atoms with Crippen LogP contribution in [-0.2, 0) is 6.54 Å². The number of nitrogens with zero attached hydrogens (tertiary/aromatic N) is 1. The highest BCUT2D eigenvalue weighted by molar-refractivity contribution is 5.96. The summed E-state index contributed by atoms with van der Waals surface area (Å²) in [6.45, 7) is 2.13. The van der Waals surface area contributed by atoms with Crippen LogP contribution in [0.1, 0.15) is 21.5 Å². The molecular formula is C18H17N3O2. The summed E-state index contributed by atoms with van der Waals surface area (Å²) in [5, 5.41) is 12.6. The molecule has 0 atom stereocenters. The van der Waals surface area contributed by atoms with Gasteiger partial charge in [-0.3, -0.25) is 4.79 Å². The summed E-state index contributed by atoms with van der Waals surface area (Å²) < 4.78 is 0. The van der Waals surface area contributed by atoms with Crippen molar-refractivity contribution in [1.29, 1.82) is 0 Å². The van der Waals surface area contributed by atoms with Crippen LogP contribution in [0.4, 0.5) is 0 Å². The van der Waals surface area contributed by atoms with E-state index in [0.29, 0.717) is 17.7 Å². The van der Waals surface area contributed by atoms with Gasteiger partial charge in [0.25, 0.3) is 5.91 Å². The number of H-pyrrole nitrogens is 1. The number of rotatable bonds is 4. The molecule has 116 valence electrons. The maximum absolute atomic E-state index is 12.3. The number of aromatic amines is 1. The highest BCUT2D eigenvalue weighted by Crippen LogP contribution is 2.20. The summed E-state index contributed by atoms with van der Waals surface area (Å²) in [7, 11) is 0. The summed E-state index contributed by atoms with van der Waals surface area (Å²) in [6, 6.07) is 12.7. The molecule has 0 spiro atoms. The maximum Gasteiger partial charge on any atom is 0.251 e. The van der Waals surface area contributed by atoms with Gasteiger partial charge in [-0.2, -0.15) is 0 Å². The van der Waals surface area contributed by atoms with Crippen molar-refractivity contribution in [1.82, 2.24) is 15.3 Å². The van der Waals surface area contributed by atoms with Crippen molar-refractivity contribution in [2.45, 2.75) is 13.5 Å². The predicted molar refractivity (Wildman–Crippen MR) is 88.0 cm³/mol. The van der Waals surface area contributed by atoms with E-state index in [-0.39, 0.29) is 11.7 Å². The Balaban J connectivity index is 1.72. The predicted octanol–water partition coefficient (Wildman–Crippen LogP) is 3.02. The fraction of sp³-hybridized carbons (Fsp3) is 0.111. The highest BCUT2D eigenvalue weighted by atomic mass is 16.3. The zero-order valence-electron chi connectivity index (χ0n) is 12.7. The van der Waals surface area contributed by atoms with E-state index in [1.54, 1.807) is 37.5 Å². The molecular weight excluding hydrogens is 290 g/mol. The molecule has 3 aromatic rings. The fourth-order valence-electron chi connectivity index (χ4n) is 2.40. The van der Waals surface area contributed by atoms with Gasteiger partial charge in [0.15, 0.2) is 0 Å². The molecule has 0 bridgehead atoms. The van der Waals surface area contributed by atoms with Gasteiger partial charge in [-0.25, -0.2) is 4.98 Å². The molecule has 0 aliphatic heterocycles. The Morgan fingerprint density at radius 1 is 1.26 bits per heavy atom. The molecule has 0 aliphatic rings. The van der Waals surface area contributed by atoms with Crippen molar-refractivity contribution in [3.8, 4) is 17.1 Å². The molecule has 1 amide bonds. The Hall–Kier alpha value is -3.08. The molecule has 0 saturated carbocycles. The monoisotopic (exact) mass is 307 g/mol. The summed E-state index contributed by atoms with van der Waals surface area (Å²) >= 11 is 0. The minimum atomic E-state index is -0.207. The molecule has 0 radical (unpaired) electrons. The zero-order chi connectivity index (χ0) is 16.2. The van der Waals surface area contributed by atoms with Crippen molar-refractivity contribution >= 4 is 5.91 Å². The van der Waals surface area contributed by atoms with Crippen LogP contribution < -0.4 is 5.32 Å². The number of amides is 1. The summed E-state index contributed by atoms with van der Waals surface area (Å²) in [5.41, 5.74) is 3.00. The minimum absolute atomic E-state index is 0.123. The average Bonchev–Trinajstić information content (AvgIpc) is 3.10. The number of imidazole rings is 1. The second kappa shape index (κ2) is 6.36. The summed E-state index contributed by atoms with van der Waals surface area (Å²) in [6.07, 6.45) is 3.48. The normalized spacial score (nSPS) is 10.5. The van der Waals surface area contributed by atoms with Crippen molar-refractivity contribution in [2.24, 2.45) is 0 Å². The Bertz CT molecular complexity index is 826. The number of hydrogen-bond acceptors (Lipinski definition) is 3. The van der Waals surface area contributed by atoms with E-state index < -0.39 is 0 Å². The van der Waals surface area contributed by atoms with E-state index in [1.165, 1.54) is 0 Å². The quantitative estimate of drug-likeness (QED) is 0.693. The van der Waals surface area contributed by atoms with Gasteiger partial charge in [-0.05, 0) is 30.7 Å². The molecule has 0 aliphatic carbocycles. The van der Waals surface area contributed by atoms with Crippen LogP contribution in [0.2, 0.25) is 0 Å². The van der Waals surface area contributed by atoms with Crippen molar-refractivity contribution in [3.63, 3.8) is 0 Å². The number of nitrogens with one attached hydrogen (secondary N) is 2. The lowest BCUT2D eigenvalue weighted by Crippen LogP contribution is -2.23. The fourth-order valence-corrected chi connectivity index (χ4v) is 2.40. The van der Waals surface area contributed by atoms with E-state index in [4.69, 9.17) is 0 Å². The first kappa shape index (κ1) is 14.8. The van der Waals surface area contributed by atoms with Crippen LogP contribution in [0.25, 0.3) is 11.4 Å². The van der Waals surface area contributed by atoms with E-state index in [1.807, 2.05) is 24.3 Å². The highest BCUT2D eigenvalue weighted by Gasteiger charge is 2.11. The van der Waals surface area contributed by atoms with Crippen LogP contribution in [0.3, 0.4) is 0 Å². The average molecular weight is 307 g/mol. The van der Waals surface area contributed by atoms with E-state index in [9.17, 15) is 9.90 Å². The number of carbonyl (C=O) groups is 1. The molecule has 5 nitrogen and oxygen atoms in total. The third-order valence-corrected chi connectivity index (χ3v) is 3.70. The van der Waals surface area contributed by atoms with E-state index in [0.717, 1.165) is 17.0 Å². The van der Waals surface area contributed by atoms with Crippen LogP contribution in [0.5, 0.6) is 5.75 Å². The number of hydrogen-bond donors (Lipinski definition) is 3. The Labute approximate surface area is 134 Å². The zero-order valence-corrected chi connectivity index (χ0v) is 12.7. The Morgan fingerprint density at radius 2 is 2.09 bits per heavy atom. The minimum Gasteiger partial charge on any atom is -0.508 e. The SMILES string of the molecule is Cc1c(O)cccc1C(=O)NCc1cccc(-c2ncc[nH]2)c1. The number of phenols is 1. The largest absolute Gasteiger partial charge is 0.508 e. The molecule has 1 aromatic heterocycles. The lowest BCUT2D eigenvalue weighted by Gasteiger charge is -2.09. The second-order valence-corrected chi connectivity index (χ2v) is 5.27. The molecule has 3 N–H and O–H groups in total. The molecule has 0 unspecified atom stereocenters. The number of benzene rings is 2. The van der Waals surface area contributed by atoms with Gasteiger partial charge in [0, 0.05) is 35.6 Å². The first-order valence-electron chi connectivity index (χ1n) is 7.30. The summed E-state index contributed by atoms with van der Waals surface area (Å²) in [4.78, 5) is 19.5. The van der Waals surface area contributed by atoms with Crippen molar-refractivity contribution < 1.29 is 9.90 Å². The van der Waals surface area contributed by atoms with Crippen molar-refractivity contribution in [2.75, 3.05) is 0 Å². The molecule has 1 heterocycles. The third-order valence-electron chi connectivity index (χ3n) is 3.70. The van der Waals surface area contributed by atoms with Gasteiger partial charge in [0.1, 0.15) is 11.6 Å². The lowest BCUT2D eigenvalue weighted by atomic mass is 10.1. The van der Waals surface area contributed by atoms with Gasteiger partial charge >= 0.3 is 0 Å². The van der Waals surface area contributed by atoms with Gasteiger partial charge in [0.2, 0.25) is 0 Å². The Morgan fingerprint density at radius 3 is 2.87 bits per heavy atom. The molecule has 5 heteroatoms. The number of carbonyl (C=O) groups excluding carboxylic acids is 1. The standard InChI is InChI=1S/C18H17N3O2/c1-12-15(6-3-7-16(12)22)18(23)21-11-13-4-2-5-14(10-13)17-19-8-9-20-17/h2-10,22H,11H2,1H3,(H,19,20)(H,21,23). The number of aromatic hydroxyl groups is 1. The van der Waals surface area contributed by atoms with E-state index >= 15 is 0 Å². The van der Waals surface area contributed by atoms with Gasteiger partial charge < -0.3 is 15.4 Å². The number of aromatic nitrogens is 2. The summed E-state index contributed by atoms with van der Waals surface area (Å²) in [5.74, 6) is 0.710. The molecule has 3 rings (SSSR count). The first-order valence-corrected chi connectivity index (χ1v) is 7.30. The van der Waals surface area contributed by atoms with E-state index in [2.05, 4.69) is 15.3 Å². The third kappa shape index (κ3) is 3.23. The molecule has 23 heavy (non-hydrogen) atoms. The van der Waals surface area contributed by atoms with Gasteiger partial charge in [-0.15, -0.1) is 0 Å². The van der Waals surface area contributed by atoms with Crippen LogP contribution in [-0.4, -0.2) is 21.0 Å². The maximum atomic E-state index is 12.3. The second-order valence-electron chi connectivity index (χ2n) is 5.27. The molecule has 0 saturated heterocycles. The van der Waals surface area contributed by atoms with Crippen LogP contribution in [0, 0.1) is 6.92 Å². The molecule has 0 fully saturated rings. The Kier molecular flexibility index (Phi) is 4.10. The number of phenolic OH excluding ortho intramolecular Hbond substituents is 1. The smallest absolute Gasteiger partial charge is 0.251 e. The van der Waals surface area contributed by atoms with Crippen LogP contribution >= 0.6 is 0 Å². The first-order chi connectivity index (χ1) is 11.1. The molecule has 2 aromatic carbocycles. The lowest BCUT2D eigenvalue weighted by molar-refractivity contribution is 0.0950. The van der Waals surface area contributed by atoms with Gasteiger partial charge in [0.05, 0.1) is 0 Å². The van der Waals surface area contributed by atoms with Gasteiger partial charge in [-0.1, -0.05) is 24.3 Å².